The molecule has 2 aromatic rings. The molecule has 4 bridgehead atoms. The average molecular weight is 389 g/mol. The van der Waals surface area contributed by atoms with E-state index in [9.17, 15) is 13.9 Å². The molecule has 5 aliphatic carbocycles. The molecule has 6 nitrogen and oxygen atoms in total. The van der Waals surface area contributed by atoms with Crippen molar-refractivity contribution in [1.29, 1.82) is 0 Å². The molecule has 0 amide bonds. The zero-order valence-corrected chi connectivity index (χ0v) is 16.1. The third-order valence-electron chi connectivity index (χ3n) is 7.69. The lowest BCUT2D eigenvalue weighted by molar-refractivity contribution is -0.0657. The minimum Gasteiger partial charge on any atom is -0.390 e. The summed E-state index contributed by atoms with van der Waals surface area (Å²) in [5.74, 6) is 1.41. The summed E-state index contributed by atoms with van der Waals surface area (Å²) in [4.78, 5) is 9.00. The van der Waals surface area contributed by atoms with Gasteiger partial charge in [-0.2, -0.15) is 14.6 Å². The highest BCUT2D eigenvalue weighted by Crippen LogP contribution is 2.76. The van der Waals surface area contributed by atoms with Gasteiger partial charge in [-0.1, -0.05) is 0 Å². The Balaban J connectivity index is 1.30. The number of alkyl halides is 2. The van der Waals surface area contributed by atoms with Crippen molar-refractivity contribution in [2.75, 3.05) is 5.32 Å². The monoisotopic (exact) mass is 389 g/mol. The van der Waals surface area contributed by atoms with Crippen LogP contribution in [0.4, 0.5) is 14.7 Å². The predicted molar refractivity (Wildman–Crippen MR) is 98.1 cm³/mol. The molecule has 5 unspecified atom stereocenters. The maximum Gasteiger partial charge on any atom is 0.245 e. The molecule has 5 saturated carbocycles. The van der Waals surface area contributed by atoms with E-state index in [1.807, 2.05) is 6.92 Å². The number of hydrogen-bond acceptors (Lipinski definition) is 5. The van der Waals surface area contributed by atoms with Gasteiger partial charge < -0.3 is 10.4 Å². The second-order valence-electron chi connectivity index (χ2n) is 9.68. The fourth-order valence-corrected chi connectivity index (χ4v) is 6.80. The van der Waals surface area contributed by atoms with Crippen LogP contribution in [0.25, 0.3) is 5.65 Å². The van der Waals surface area contributed by atoms with Crippen molar-refractivity contribution in [3.05, 3.63) is 17.6 Å². The number of anilines is 1. The number of hydrogen-bond donors (Lipinski definition) is 2. The third-order valence-corrected chi connectivity index (χ3v) is 7.69. The van der Waals surface area contributed by atoms with Crippen LogP contribution < -0.4 is 5.32 Å². The first kappa shape index (κ1) is 17.1. The number of fused-ring (bicyclic) bond motifs is 1. The summed E-state index contributed by atoms with van der Waals surface area (Å²) in [5.41, 5.74) is 0.815. The lowest BCUT2D eigenvalue weighted by Crippen LogP contribution is -2.52. The Morgan fingerprint density at radius 1 is 1.32 bits per heavy atom. The highest BCUT2D eigenvalue weighted by atomic mass is 19.3. The SMILES string of the molecule is Cc1nc(N[C@@H]2C3CC4C5C2C[C@](O)(C3)C45)n2nc(CCC(C)(F)F)cc2n1. The zero-order chi connectivity index (χ0) is 19.4. The van der Waals surface area contributed by atoms with Crippen LogP contribution in [0.3, 0.4) is 0 Å². The topological polar surface area (TPSA) is 75.3 Å². The van der Waals surface area contributed by atoms with Crippen molar-refractivity contribution in [2.45, 2.75) is 63.5 Å². The van der Waals surface area contributed by atoms with Crippen molar-refractivity contribution < 1.29 is 13.9 Å². The smallest absolute Gasteiger partial charge is 0.245 e. The first-order valence-corrected chi connectivity index (χ1v) is 10.3. The molecule has 0 radical (unpaired) electrons. The summed E-state index contributed by atoms with van der Waals surface area (Å²) in [6.45, 7) is 2.77. The van der Waals surface area contributed by atoms with Gasteiger partial charge in [0.05, 0.1) is 11.3 Å². The number of nitrogens with zero attached hydrogens (tertiary/aromatic N) is 4. The summed E-state index contributed by atoms with van der Waals surface area (Å²) in [6.07, 6.45) is 2.92. The van der Waals surface area contributed by atoms with Crippen LogP contribution in [0, 0.1) is 36.5 Å². The Bertz CT molecular complexity index is 971. The van der Waals surface area contributed by atoms with Crippen molar-refractivity contribution in [2.24, 2.45) is 29.6 Å². The highest BCUT2D eigenvalue weighted by molar-refractivity contribution is 5.47. The molecule has 5 aliphatic rings. The Labute approximate surface area is 161 Å². The van der Waals surface area contributed by atoms with Gasteiger partial charge in [-0.15, -0.1) is 0 Å². The second kappa shape index (κ2) is 5.20. The standard InChI is InChI=1S/C20H25F2N5O/c1-9-23-14-6-11(3-4-19(2,21)22)26-27(14)18(24-9)25-17-10-5-12-15-13(17)8-20(28,7-10)16(12)15/h6,10,12-13,15-17,28H,3-5,7-8H2,1-2H3,(H,23,24,25)/t10?,12?,13?,15?,16?,17-,20-/m1/s1. The van der Waals surface area contributed by atoms with Crippen molar-refractivity contribution in [3.63, 3.8) is 0 Å². The van der Waals surface area contributed by atoms with E-state index in [0.717, 1.165) is 25.7 Å². The Kier molecular flexibility index (Phi) is 3.17. The molecule has 0 aliphatic heterocycles. The predicted octanol–water partition coefficient (Wildman–Crippen LogP) is 2.84. The molecule has 2 aromatic heterocycles. The Morgan fingerprint density at radius 2 is 2.14 bits per heavy atom. The second-order valence-corrected chi connectivity index (χ2v) is 9.68. The van der Waals surface area contributed by atoms with Crippen LogP contribution in [0.1, 0.15) is 44.1 Å². The number of aromatic nitrogens is 4. The fourth-order valence-electron chi connectivity index (χ4n) is 6.80. The lowest BCUT2D eigenvalue weighted by Gasteiger charge is -2.48. The van der Waals surface area contributed by atoms with Crippen LogP contribution in [0.5, 0.6) is 0 Å². The van der Waals surface area contributed by atoms with Gasteiger partial charge in [0.2, 0.25) is 11.9 Å². The molecular weight excluding hydrogens is 364 g/mol. The van der Waals surface area contributed by atoms with Gasteiger partial charge in [-0.25, -0.2) is 13.8 Å². The quantitative estimate of drug-likeness (QED) is 0.823. The van der Waals surface area contributed by atoms with Gasteiger partial charge in [0.25, 0.3) is 0 Å². The van der Waals surface area contributed by atoms with Crippen LogP contribution in [-0.2, 0) is 6.42 Å². The molecule has 5 fully saturated rings. The number of aliphatic hydroxyl groups is 1. The number of aryl methyl sites for hydroxylation is 2. The van der Waals surface area contributed by atoms with E-state index in [0.29, 0.717) is 52.8 Å². The van der Waals surface area contributed by atoms with E-state index in [4.69, 9.17) is 0 Å². The molecule has 28 heavy (non-hydrogen) atoms. The van der Waals surface area contributed by atoms with Crippen LogP contribution in [-0.4, -0.2) is 42.3 Å². The van der Waals surface area contributed by atoms with Crippen LogP contribution >= 0.6 is 0 Å². The number of nitrogens with one attached hydrogen (secondary N) is 1. The lowest BCUT2D eigenvalue weighted by atomic mass is 9.63. The normalized spacial score (nSPS) is 40.3. The molecule has 2 heterocycles. The first-order valence-electron chi connectivity index (χ1n) is 10.3. The van der Waals surface area contributed by atoms with Crippen molar-refractivity contribution >= 4 is 11.6 Å². The van der Waals surface area contributed by atoms with Crippen LogP contribution in [0.2, 0.25) is 0 Å². The molecule has 2 N–H and O–H groups in total. The van der Waals surface area contributed by atoms with E-state index < -0.39 is 11.5 Å². The average Bonchev–Trinajstić information content (AvgIpc) is 3.08. The molecule has 0 spiro atoms. The van der Waals surface area contributed by atoms with Gasteiger partial charge in [0.15, 0.2) is 5.65 Å². The van der Waals surface area contributed by atoms with Gasteiger partial charge >= 0.3 is 0 Å². The zero-order valence-electron chi connectivity index (χ0n) is 16.1. The van der Waals surface area contributed by atoms with E-state index in [2.05, 4.69) is 20.4 Å². The van der Waals surface area contributed by atoms with Gasteiger partial charge in [-0.05, 0) is 69.1 Å². The molecule has 7 atom stereocenters. The molecule has 0 saturated heterocycles. The highest BCUT2D eigenvalue weighted by Gasteiger charge is 2.76. The molecular formula is C20H25F2N5O. The van der Waals surface area contributed by atoms with E-state index in [1.54, 1.807) is 10.6 Å². The third kappa shape index (κ3) is 2.36. The summed E-state index contributed by atoms with van der Waals surface area (Å²) < 4.78 is 28.1. The van der Waals surface area contributed by atoms with Gasteiger partial charge in [0.1, 0.15) is 5.82 Å². The first-order chi connectivity index (χ1) is 13.2. The maximum atomic E-state index is 13.2. The molecule has 150 valence electrons. The Hall–Kier alpha value is -1.83. The molecule has 7 rings (SSSR count). The van der Waals surface area contributed by atoms with E-state index in [1.165, 1.54) is 6.42 Å². The van der Waals surface area contributed by atoms with Crippen LogP contribution in [0.15, 0.2) is 6.07 Å². The molecule has 0 aromatic carbocycles. The maximum absolute atomic E-state index is 13.2. The minimum atomic E-state index is -2.71. The van der Waals surface area contributed by atoms with Crippen molar-refractivity contribution in [1.82, 2.24) is 19.6 Å². The number of halogens is 2. The van der Waals surface area contributed by atoms with E-state index >= 15 is 0 Å². The van der Waals surface area contributed by atoms with E-state index in [-0.39, 0.29) is 12.8 Å². The number of rotatable bonds is 5. The minimum absolute atomic E-state index is 0.207. The Morgan fingerprint density at radius 3 is 2.89 bits per heavy atom. The summed E-state index contributed by atoms with van der Waals surface area (Å²) in [7, 11) is 0. The fraction of sp³-hybridized carbons (Fsp3) is 0.750. The largest absolute Gasteiger partial charge is 0.390 e. The summed E-state index contributed by atoms with van der Waals surface area (Å²) in [5, 5.41) is 19.1. The van der Waals surface area contributed by atoms with Gasteiger partial charge in [0, 0.05) is 18.5 Å². The summed E-state index contributed by atoms with van der Waals surface area (Å²) >= 11 is 0. The van der Waals surface area contributed by atoms with Crippen molar-refractivity contribution in [3.8, 4) is 0 Å². The summed E-state index contributed by atoms with van der Waals surface area (Å²) in [6, 6.07) is 2.07. The molecule has 8 heteroatoms. The van der Waals surface area contributed by atoms with Gasteiger partial charge in [-0.3, -0.25) is 0 Å².